The molecule has 0 atom stereocenters. The summed E-state index contributed by atoms with van der Waals surface area (Å²) in [4.78, 5) is 19.3. The molecule has 80 valence electrons. The van der Waals surface area contributed by atoms with Crippen LogP contribution in [-0.2, 0) is 0 Å². The van der Waals surface area contributed by atoms with Crippen LogP contribution < -0.4 is 22.4 Å². The second kappa shape index (κ2) is 2.62. The van der Waals surface area contributed by atoms with Gasteiger partial charge in [0.15, 0.2) is 0 Å². The van der Waals surface area contributed by atoms with Gasteiger partial charge in [-0.25, -0.2) is 4.40 Å². The molecule has 3 heterocycles. The Balaban J connectivity index is 2.54. The van der Waals surface area contributed by atoms with Crippen LogP contribution in [0.25, 0.3) is 5.78 Å². The van der Waals surface area contributed by atoms with Gasteiger partial charge >= 0.3 is 0 Å². The lowest BCUT2D eigenvalue weighted by Crippen LogP contribution is -2.30. The van der Waals surface area contributed by atoms with E-state index in [0.717, 1.165) is 0 Å². The SMILES string of the molecule is N=c1nc2n3c(nc(N)nc3n1)NC(N)=N2. The third kappa shape index (κ3) is 1.06. The molecule has 0 aliphatic carbocycles. The number of hydrogen-bond acceptors (Lipinski definition) is 9. The Bertz CT molecular complexity index is 682. The predicted molar refractivity (Wildman–Crippen MR) is 53.7 cm³/mol. The van der Waals surface area contributed by atoms with Crippen molar-refractivity contribution < 1.29 is 0 Å². The zero-order valence-electron chi connectivity index (χ0n) is 7.84. The van der Waals surface area contributed by atoms with E-state index in [2.05, 4.69) is 30.2 Å². The fourth-order valence-corrected chi connectivity index (χ4v) is 1.36. The molecule has 0 spiro atoms. The van der Waals surface area contributed by atoms with Crippen LogP contribution in [0.1, 0.15) is 0 Å². The highest BCUT2D eigenvalue weighted by atomic mass is 15.4. The van der Waals surface area contributed by atoms with E-state index in [4.69, 9.17) is 16.9 Å². The first-order valence-electron chi connectivity index (χ1n) is 4.23. The van der Waals surface area contributed by atoms with Crippen molar-refractivity contribution in [1.82, 2.24) is 24.3 Å². The van der Waals surface area contributed by atoms with Crippen LogP contribution in [0.5, 0.6) is 0 Å². The molecule has 10 heteroatoms. The largest absolute Gasteiger partial charge is 0.369 e. The molecule has 0 fully saturated rings. The minimum absolute atomic E-state index is 0.0289. The zero-order valence-corrected chi connectivity index (χ0v) is 7.84. The van der Waals surface area contributed by atoms with Gasteiger partial charge in [0.2, 0.25) is 35.2 Å². The van der Waals surface area contributed by atoms with Gasteiger partial charge in [0.1, 0.15) is 0 Å². The minimum Gasteiger partial charge on any atom is -0.369 e. The first-order valence-corrected chi connectivity index (χ1v) is 4.23. The first-order chi connectivity index (χ1) is 7.63. The van der Waals surface area contributed by atoms with E-state index in [1.54, 1.807) is 0 Å². The van der Waals surface area contributed by atoms with E-state index >= 15 is 0 Å². The van der Waals surface area contributed by atoms with Gasteiger partial charge in [-0.05, 0) is 0 Å². The molecule has 0 saturated carbocycles. The smallest absolute Gasteiger partial charge is 0.248 e. The van der Waals surface area contributed by atoms with E-state index in [-0.39, 0.29) is 29.3 Å². The normalized spacial score (nSPS) is 13.4. The molecule has 10 nitrogen and oxygen atoms in total. The zero-order chi connectivity index (χ0) is 11.3. The molecule has 0 aromatic carbocycles. The van der Waals surface area contributed by atoms with Crippen molar-refractivity contribution in [2.24, 2.45) is 10.7 Å². The van der Waals surface area contributed by atoms with Crippen molar-refractivity contribution >= 4 is 29.6 Å². The molecular weight excluding hydrogens is 212 g/mol. The minimum atomic E-state index is -0.211. The van der Waals surface area contributed by atoms with Gasteiger partial charge in [-0.3, -0.25) is 10.7 Å². The Morgan fingerprint density at radius 2 is 1.94 bits per heavy atom. The number of nitrogens with zero attached hydrogens (tertiary/aromatic N) is 6. The van der Waals surface area contributed by atoms with Crippen molar-refractivity contribution in [3.8, 4) is 0 Å². The summed E-state index contributed by atoms with van der Waals surface area (Å²) in [7, 11) is 0. The summed E-state index contributed by atoms with van der Waals surface area (Å²) in [6.07, 6.45) is 0. The maximum atomic E-state index is 7.38. The quantitative estimate of drug-likeness (QED) is 0.396. The second-order valence-corrected chi connectivity index (χ2v) is 3.01. The van der Waals surface area contributed by atoms with Crippen molar-refractivity contribution in [3.63, 3.8) is 0 Å². The first kappa shape index (κ1) is 8.52. The summed E-state index contributed by atoms with van der Waals surface area (Å²) >= 11 is 0. The summed E-state index contributed by atoms with van der Waals surface area (Å²) in [5.41, 5.74) is 10.8. The van der Waals surface area contributed by atoms with Gasteiger partial charge in [-0.15, -0.1) is 0 Å². The van der Waals surface area contributed by atoms with E-state index in [9.17, 15) is 0 Å². The lowest BCUT2D eigenvalue weighted by molar-refractivity contribution is 0.862. The molecular formula is C6H6N10. The number of aromatic nitrogens is 5. The maximum Gasteiger partial charge on any atom is 0.248 e. The van der Waals surface area contributed by atoms with Crippen molar-refractivity contribution in [1.29, 1.82) is 5.41 Å². The molecule has 16 heavy (non-hydrogen) atoms. The maximum absolute atomic E-state index is 7.38. The number of aliphatic imine (C=N–C) groups is 1. The van der Waals surface area contributed by atoms with Crippen LogP contribution in [0.4, 0.5) is 17.8 Å². The van der Waals surface area contributed by atoms with Crippen LogP contribution in [0, 0.1) is 5.41 Å². The molecule has 3 rings (SSSR count). The van der Waals surface area contributed by atoms with Crippen molar-refractivity contribution in [3.05, 3.63) is 5.62 Å². The number of nitrogens with two attached hydrogens (primary N) is 2. The molecule has 1 aliphatic rings. The van der Waals surface area contributed by atoms with E-state index < -0.39 is 0 Å². The Kier molecular flexibility index (Phi) is 1.40. The third-order valence-electron chi connectivity index (χ3n) is 1.92. The van der Waals surface area contributed by atoms with E-state index in [1.165, 1.54) is 4.40 Å². The Hall–Kier alpha value is -2.78. The average Bonchev–Trinajstić information content (AvgIpc) is 2.14. The van der Waals surface area contributed by atoms with Gasteiger partial charge in [0.05, 0.1) is 0 Å². The topological polar surface area (TPSA) is 156 Å². The number of nitrogens with one attached hydrogen (secondary N) is 2. The van der Waals surface area contributed by atoms with Crippen molar-refractivity contribution in [2.75, 3.05) is 11.1 Å². The van der Waals surface area contributed by atoms with Gasteiger partial charge in [-0.2, -0.15) is 24.9 Å². The van der Waals surface area contributed by atoms with Crippen LogP contribution in [-0.4, -0.2) is 30.3 Å². The Labute approximate surface area is 87.6 Å². The highest BCUT2D eigenvalue weighted by molar-refractivity contribution is 5.94. The lowest BCUT2D eigenvalue weighted by atomic mass is 10.7. The summed E-state index contributed by atoms with van der Waals surface area (Å²) in [6, 6.07) is 0. The summed E-state index contributed by atoms with van der Waals surface area (Å²) in [5, 5.41) is 10.1. The monoisotopic (exact) mass is 218 g/mol. The fraction of sp³-hybridized carbons (Fsp3) is 0. The summed E-state index contributed by atoms with van der Waals surface area (Å²) in [6.45, 7) is 0. The molecule has 6 N–H and O–H groups in total. The van der Waals surface area contributed by atoms with Gasteiger partial charge < -0.3 is 11.5 Å². The average molecular weight is 218 g/mol. The molecule has 0 amide bonds. The second-order valence-electron chi connectivity index (χ2n) is 3.01. The van der Waals surface area contributed by atoms with Gasteiger partial charge in [0, 0.05) is 0 Å². The Morgan fingerprint density at radius 3 is 2.75 bits per heavy atom. The number of guanidine groups is 1. The van der Waals surface area contributed by atoms with E-state index in [1.807, 2.05) is 0 Å². The fourth-order valence-electron chi connectivity index (χ4n) is 1.36. The van der Waals surface area contributed by atoms with Crippen LogP contribution in [0.15, 0.2) is 4.99 Å². The van der Waals surface area contributed by atoms with Crippen LogP contribution >= 0.6 is 0 Å². The standard InChI is InChI=1S/C6H6N10/c7-1-10-4-12-2(8)14-6-15-3(9)13-5(11-1)16(4)6/h(H6,7,8,9,10,11,12,13,14,15). The van der Waals surface area contributed by atoms with Crippen molar-refractivity contribution in [2.45, 2.75) is 0 Å². The molecule has 0 bridgehead atoms. The van der Waals surface area contributed by atoms with Gasteiger partial charge in [-0.1, -0.05) is 0 Å². The lowest BCUT2D eigenvalue weighted by Gasteiger charge is -2.14. The van der Waals surface area contributed by atoms with E-state index in [0.29, 0.717) is 5.95 Å². The summed E-state index contributed by atoms with van der Waals surface area (Å²) in [5.74, 6) is 0.867. The molecule has 0 radical (unpaired) electrons. The predicted octanol–water partition coefficient (Wildman–Crippen LogP) is -2.05. The van der Waals surface area contributed by atoms with Crippen LogP contribution in [0.2, 0.25) is 0 Å². The van der Waals surface area contributed by atoms with Crippen LogP contribution in [0.3, 0.4) is 0 Å². The highest BCUT2D eigenvalue weighted by Gasteiger charge is 2.16. The summed E-state index contributed by atoms with van der Waals surface area (Å²) < 4.78 is 1.42. The molecule has 0 unspecified atom stereocenters. The van der Waals surface area contributed by atoms with Gasteiger partial charge in [0.25, 0.3) is 0 Å². The Morgan fingerprint density at radius 1 is 1.12 bits per heavy atom. The molecule has 2 aromatic heterocycles. The molecule has 2 aromatic rings. The number of hydrogen-bond donors (Lipinski definition) is 4. The third-order valence-corrected chi connectivity index (χ3v) is 1.92. The molecule has 1 aliphatic heterocycles. The molecule has 0 saturated heterocycles. The highest BCUT2D eigenvalue weighted by Crippen LogP contribution is 2.17. The number of nitrogen functional groups attached to an aromatic ring is 1. The number of anilines is 2. The number of rotatable bonds is 0.